The summed E-state index contributed by atoms with van der Waals surface area (Å²) in [5.74, 6) is 0. The third-order valence-corrected chi connectivity index (χ3v) is 2.15. The molecule has 0 amide bonds. The van der Waals surface area contributed by atoms with Crippen molar-refractivity contribution in [2.75, 3.05) is 0 Å². The minimum Gasteiger partial charge on any atom is -0.192 e. The molecule has 0 unspecified atom stereocenters. The molecule has 0 aliphatic rings. The summed E-state index contributed by atoms with van der Waals surface area (Å²) in [6.45, 7) is 2.04. The van der Waals surface area contributed by atoms with E-state index in [0.717, 1.165) is 24.0 Å². The third-order valence-electron chi connectivity index (χ3n) is 2.15. The molecule has 0 radical (unpaired) electrons. The van der Waals surface area contributed by atoms with Gasteiger partial charge in [0.15, 0.2) is 0 Å². The van der Waals surface area contributed by atoms with Crippen LogP contribution in [0.3, 0.4) is 0 Å². The topological polar surface area (TPSA) is 47.6 Å². The van der Waals surface area contributed by atoms with Crippen LogP contribution in [0.2, 0.25) is 0 Å². The van der Waals surface area contributed by atoms with Gasteiger partial charge in [-0.05, 0) is 17.6 Å². The van der Waals surface area contributed by atoms with Gasteiger partial charge in [-0.25, -0.2) is 0 Å². The summed E-state index contributed by atoms with van der Waals surface area (Å²) in [5, 5.41) is 17.7. The van der Waals surface area contributed by atoms with Crippen molar-refractivity contribution < 1.29 is 0 Å². The van der Waals surface area contributed by atoms with Gasteiger partial charge in [0.25, 0.3) is 0 Å². The summed E-state index contributed by atoms with van der Waals surface area (Å²) in [6, 6.07) is 13.5. The van der Waals surface area contributed by atoms with Crippen LogP contribution < -0.4 is 0 Å². The number of benzene rings is 1. The van der Waals surface area contributed by atoms with Crippen LogP contribution in [0.5, 0.6) is 0 Å². The van der Waals surface area contributed by atoms with E-state index in [-0.39, 0.29) is 5.57 Å². The van der Waals surface area contributed by atoms with Gasteiger partial charge in [0.1, 0.15) is 17.7 Å². The Labute approximate surface area is 90.1 Å². The zero-order valence-corrected chi connectivity index (χ0v) is 8.70. The molecule has 1 aromatic rings. The zero-order chi connectivity index (χ0) is 11.1. The van der Waals surface area contributed by atoms with Crippen LogP contribution in [0.25, 0.3) is 5.57 Å². The van der Waals surface area contributed by atoms with E-state index < -0.39 is 0 Å². The van der Waals surface area contributed by atoms with E-state index in [1.54, 1.807) is 0 Å². The second-order valence-corrected chi connectivity index (χ2v) is 3.19. The van der Waals surface area contributed by atoms with E-state index in [2.05, 4.69) is 0 Å². The Bertz CT molecular complexity index is 414. The highest BCUT2D eigenvalue weighted by atomic mass is 14.3. The highest BCUT2D eigenvalue weighted by molar-refractivity contribution is 5.75. The van der Waals surface area contributed by atoms with E-state index in [9.17, 15) is 0 Å². The lowest BCUT2D eigenvalue weighted by Gasteiger charge is -2.05. The normalized spacial score (nSPS) is 8.73. The summed E-state index contributed by atoms with van der Waals surface area (Å²) in [6.07, 6.45) is 1.69. The molecule has 0 bridgehead atoms. The third kappa shape index (κ3) is 2.69. The van der Waals surface area contributed by atoms with Crippen molar-refractivity contribution in [2.45, 2.75) is 19.8 Å². The molecule has 0 aliphatic carbocycles. The maximum absolute atomic E-state index is 8.85. The Morgan fingerprint density at radius 3 is 2.20 bits per heavy atom. The number of nitrogens with zero attached hydrogens (tertiary/aromatic N) is 2. The maximum Gasteiger partial charge on any atom is 0.133 e. The number of nitriles is 2. The van der Waals surface area contributed by atoms with Gasteiger partial charge in [-0.1, -0.05) is 43.7 Å². The standard InChI is InChI=1S/C13H12N2/c1-2-6-13(12(9-14)10-15)11-7-4-3-5-8-11/h3-5,7-8H,2,6H2,1H3. The predicted octanol–water partition coefficient (Wildman–Crippen LogP) is 3.29. The first kappa shape index (κ1) is 11.0. The Hall–Kier alpha value is -2.06. The fourth-order valence-corrected chi connectivity index (χ4v) is 1.46. The van der Waals surface area contributed by atoms with Crippen LogP contribution in [0.4, 0.5) is 0 Å². The van der Waals surface area contributed by atoms with Gasteiger partial charge >= 0.3 is 0 Å². The minimum absolute atomic E-state index is 0.225. The van der Waals surface area contributed by atoms with Crippen LogP contribution in [0.15, 0.2) is 35.9 Å². The quantitative estimate of drug-likeness (QED) is 0.696. The smallest absolute Gasteiger partial charge is 0.133 e. The van der Waals surface area contributed by atoms with Gasteiger partial charge in [0, 0.05) is 0 Å². The lowest BCUT2D eigenvalue weighted by molar-refractivity contribution is 0.971. The molecule has 0 aromatic heterocycles. The molecular formula is C13H12N2. The van der Waals surface area contributed by atoms with Crippen LogP contribution in [-0.4, -0.2) is 0 Å². The lowest BCUT2D eigenvalue weighted by atomic mass is 9.97. The Morgan fingerprint density at radius 2 is 1.73 bits per heavy atom. The van der Waals surface area contributed by atoms with Crippen molar-refractivity contribution in [3.8, 4) is 12.1 Å². The number of allylic oxidation sites excluding steroid dienone is 2. The van der Waals surface area contributed by atoms with Gasteiger partial charge in [-0.3, -0.25) is 0 Å². The Balaban J connectivity index is 3.22. The summed E-state index contributed by atoms with van der Waals surface area (Å²) in [4.78, 5) is 0. The van der Waals surface area contributed by atoms with Crippen LogP contribution >= 0.6 is 0 Å². The summed E-state index contributed by atoms with van der Waals surface area (Å²) >= 11 is 0. The average Bonchev–Trinajstić information content (AvgIpc) is 2.30. The van der Waals surface area contributed by atoms with Gasteiger partial charge < -0.3 is 0 Å². The monoisotopic (exact) mass is 196 g/mol. The molecular weight excluding hydrogens is 184 g/mol. The molecule has 2 nitrogen and oxygen atoms in total. The SMILES string of the molecule is CCCC(=C(C#N)C#N)c1ccccc1. The maximum atomic E-state index is 8.85. The van der Waals surface area contributed by atoms with Gasteiger partial charge in [-0.15, -0.1) is 0 Å². The molecule has 1 rings (SSSR count). The molecule has 0 spiro atoms. The van der Waals surface area contributed by atoms with Gasteiger partial charge in [0.05, 0.1) is 0 Å². The van der Waals surface area contributed by atoms with Crippen LogP contribution in [0, 0.1) is 22.7 Å². The van der Waals surface area contributed by atoms with E-state index in [1.165, 1.54) is 0 Å². The first-order valence-corrected chi connectivity index (χ1v) is 4.92. The molecule has 0 atom stereocenters. The minimum atomic E-state index is 0.225. The van der Waals surface area contributed by atoms with Crippen molar-refractivity contribution >= 4 is 5.57 Å². The largest absolute Gasteiger partial charge is 0.192 e. The average molecular weight is 196 g/mol. The van der Waals surface area contributed by atoms with E-state index in [1.807, 2.05) is 49.4 Å². The van der Waals surface area contributed by atoms with Crippen LogP contribution in [-0.2, 0) is 0 Å². The molecule has 2 heteroatoms. The molecule has 0 fully saturated rings. The molecule has 0 saturated carbocycles. The molecule has 74 valence electrons. The van der Waals surface area contributed by atoms with Crippen molar-refractivity contribution in [2.24, 2.45) is 0 Å². The molecule has 0 heterocycles. The molecule has 0 N–H and O–H groups in total. The first-order chi connectivity index (χ1) is 7.33. The number of hydrogen-bond acceptors (Lipinski definition) is 2. The van der Waals surface area contributed by atoms with E-state index in [4.69, 9.17) is 10.5 Å². The number of rotatable bonds is 3. The fraction of sp³-hybridized carbons (Fsp3) is 0.231. The Morgan fingerprint density at radius 1 is 1.13 bits per heavy atom. The second kappa shape index (κ2) is 5.62. The molecule has 15 heavy (non-hydrogen) atoms. The molecule has 0 aliphatic heterocycles. The highest BCUT2D eigenvalue weighted by Gasteiger charge is 2.07. The second-order valence-electron chi connectivity index (χ2n) is 3.19. The van der Waals surface area contributed by atoms with Crippen molar-refractivity contribution in [1.29, 1.82) is 10.5 Å². The summed E-state index contributed by atoms with van der Waals surface area (Å²) in [5.41, 5.74) is 2.05. The zero-order valence-electron chi connectivity index (χ0n) is 8.70. The first-order valence-electron chi connectivity index (χ1n) is 4.92. The predicted molar refractivity (Wildman–Crippen MR) is 59.5 cm³/mol. The lowest BCUT2D eigenvalue weighted by Crippen LogP contribution is -1.89. The molecule has 1 aromatic carbocycles. The van der Waals surface area contributed by atoms with Crippen molar-refractivity contribution in [3.05, 3.63) is 41.5 Å². The van der Waals surface area contributed by atoms with E-state index in [0.29, 0.717) is 0 Å². The van der Waals surface area contributed by atoms with E-state index >= 15 is 0 Å². The summed E-state index contributed by atoms with van der Waals surface area (Å²) < 4.78 is 0. The summed E-state index contributed by atoms with van der Waals surface area (Å²) in [7, 11) is 0. The van der Waals surface area contributed by atoms with Gasteiger partial charge in [0.2, 0.25) is 0 Å². The number of hydrogen-bond donors (Lipinski definition) is 0. The Kier molecular flexibility index (Phi) is 4.13. The van der Waals surface area contributed by atoms with Gasteiger partial charge in [-0.2, -0.15) is 10.5 Å². The van der Waals surface area contributed by atoms with Crippen LogP contribution in [0.1, 0.15) is 25.3 Å². The van der Waals surface area contributed by atoms with Crippen molar-refractivity contribution in [3.63, 3.8) is 0 Å². The van der Waals surface area contributed by atoms with Crippen molar-refractivity contribution in [1.82, 2.24) is 0 Å². The highest BCUT2D eigenvalue weighted by Crippen LogP contribution is 2.23. The fourth-order valence-electron chi connectivity index (χ4n) is 1.46. The molecule has 0 saturated heterocycles.